The molecule has 0 aliphatic carbocycles. The molecular weight excluding hydrogens is 468 g/mol. The van der Waals surface area contributed by atoms with Crippen LogP contribution in [0.5, 0.6) is 0 Å². The third-order valence-corrected chi connectivity index (χ3v) is 5.99. The Balaban J connectivity index is 0.00000306. The molecule has 0 spiro atoms. The van der Waals surface area contributed by atoms with Crippen molar-refractivity contribution in [3.8, 4) is 0 Å². The fourth-order valence-corrected chi connectivity index (χ4v) is 4.57. The number of hydrogen-bond donors (Lipinski definition) is 1. The second kappa shape index (κ2) is 10.9. The Labute approximate surface area is 211 Å². The van der Waals surface area contributed by atoms with Gasteiger partial charge in [-0.2, -0.15) is 0 Å². The zero-order valence-electron chi connectivity index (χ0n) is 18.5. The van der Waals surface area contributed by atoms with E-state index in [9.17, 15) is 19.0 Å². The molecule has 2 aliphatic rings. The number of rotatable bonds is 7. The maximum Gasteiger partial charge on any atom is 1.00 e. The predicted molar refractivity (Wildman–Crippen MR) is 106 cm³/mol. The summed E-state index contributed by atoms with van der Waals surface area (Å²) < 4.78 is 34.7. The van der Waals surface area contributed by atoms with Crippen LogP contribution < -0.4 is 39.8 Å². The van der Waals surface area contributed by atoms with Gasteiger partial charge in [0.15, 0.2) is 29.3 Å². The van der Waals surface area contributed by atoms with E-state index < -0.39 is 38.3 Å². The molecule has 0 radical (unpaired) electrons. The quantitative estimate of drug-likeness (QED) is 0.260. The van der Waals surface area contributed by atoms with Crippen molar-refractivity contribution in [2.75, 3.05) is 11.9 Å². The van der Waals surface area contributed by atoms with Crippen molar-refractivity contribution in [3.05, 3.63) is 12.7 Å². The molecule has 174 valence electrons. The van der Waals surface area contributed by atoms with Crippen LogP contribution in [0.15, 0.2) is 12.7 Å². The molecule has 33 heavy (non-hydrogen) atoms. The number of esters is 1. The van der Waals surface area contributed by atoms with Gasteiger partial charge in [-0.25, -0.2) is 15.0 Å². The number of phosphoric ester groups is 1. The van der Waals surface area contributed by atoms with E-state index in [-0.39, 0.29) is 54.3 Å². The molecule has 0 aromatic carbocycles. The Morgan fingerprint density at radius 3 is 2.76 bits per heavy atom. The van der Waals surface area contributed by atoms with E-state index in [0.29, 0.717) is 30.4 Å². The smallest absolute Gasteiger partial charge is 0.756 e. The number of carbonyl (C=O) groups excluding carboxylic acids is 2. The summed E-state index contributed by atoms with van der Waals surface area (Å²) in [4.78, 5) is 48.7. The number of carbonyl (C=O) groups is 2. The minimum absolute atomic E-state index is 0. The Bertz CT molecular complexity index is 1070. The van der Waals surface area contributed by atoms with Gasteiger partial charge in [0.25, 0.3) is 7.82 Å². The summed E-state index contributed by atoms with van der Waals surface area (Å²) in [5.41, 5.74) is 0.610. The van der Waals surface area contributed by atoms with Crippen molar-refractivity contribution in [2.45, 2.75) is 64.1 Å². The second-order valence-electron chi connectivity index (χ2n) is 7.43. The van der Waals surface area contributed by atoms with Gasteiger partial charge in [0, 0.05) is 12.8 Å². The summed E-state index contributed by atoms with van der Waals surface area (Å²) >= 11 is 0. The minimum atomic E-state index is -4.55. The van der Waals surface area contributed by atoms with Crippen LogP contribution in [0.1, 0.15) is 45.8 Å². The fraction of sp³-hybridized carbons (Fsp3) is 0.611. The number of imidazole rings is 1. The monoisotopic (exact) mass is 491 g/mol. The van der Waals surface area contributed by atoms with Gasteiger partial charge in [0.1, 0.15) is 18.5 Å². The summed E-state index contributed by atoms with van der Waals surface area (Å²) in [5.74, 6) is -0.506. The standard InChI is InChI=1S/C18H24N5O8P.Na/c1-3-5-11(24)22-16-13-17(20-8-19-16)23(9-21-13)18-15(30-12(25)6-4-2)14-10(29-18)7-28-32(26,27)31-14;/h8-10,14-15,18H,3-7H2,1-2H3,(H,26,27)(H,19,20,22,24);/q;+1/p-1/t10-,14-,15-,18-;/m0./s1. The SMILES string of the molecule is CCCC(=O)Nc1ncnc2c1ncn2[C@H]1O[C@H]2COP(=O)([O-])O[C@@H]2[C@@H]1OC(=O)CCC.[Na+]. The molecule has 13 nitrogen and oxygen atoms in total. The number of anilines is 1. The molecule has 4 rings (SSSR count). The molecule has 1 N–H and O–H groups in total. The molecule has 2 fully saturated rings. The number of nitrogens with zero attached hydrogens (tertiary/aromatic N) is 4. The summed E-state index contributed by atoms with van der Waals surface area (Å²) in [6, 6.07) is 0. The Morgan fingerprint density at radius 1 is 1.27 bits per heavy atom. The molecule has 4 heterocycles. The molecule has 2 aromatic heterocycles. The molecule has 0 saturated carbocycles. The summed E-state index contributed by atoms with van der Waals surface area (Å²) in [6.45, 7) is 3.43. The van der Waals surface area contributed by atoms with Gasteiger partial charge in [0.2, 0.25) is 5.91 Å². The number of ether oxygens (including phenoxy) is 2. The fourth-order valence-electron chi connectivity index (χ4n) is 3.63. The molecular formula is C18H23N5NaO8P. The number of fused-ring (bicyclic) bond motifs is 2. The Hall–Kier alpha value is -1.44. The van der Waals surface area contributed by atoms with E-state index in [0.717, 1.165) is 0 Å². The topological polar surface area (TPSA) is 167 Å². The molecule has 1 unspecified atom stereocenters. The second-order valence-corrected chi connectivity index (χ2v) is 8.79. The summed E-state index contributed by atoms with van der Waals surface area (Å²) in [6.07, 6.45) is 0.404. The van der Waals surface area contributed by atoms with Gasteiger partial charge >= 0.3 is 35.5 Å². The number of aromatic nitrogens is 4. The van der Waals surface area contributed by atoms with Crippen molar-refractivity contribution in [1.82, 2.24) is 19.5 Å². The van der Waals surface area contributed by atoms with E-state index >= 15 is 0 Å². The molecule has 15 heteroatoms. The summed E-state index contributed by atoms with van der Waals surface area (Å²) in [7, 11) is -4.55. The van der Waals surface area contributed by atoms with Crippen LogP contribution in [0.25, 0.3) is 11.2 Å². The first-order valence-electron chi connectivity index (χ1n) is 10.3. The number of phosphoric acid groups is 1. The van der Waals surface area contributed by atoms with Crippen molar-refractivity contribution in [3.63, 3.8) is 0 Å². The molecule has 2 saturated heterocycles. The van der Waals surface area contributed by atoms with Crippen LogP contribution in [0, 0.1) is 0 Å². The van der Waals surface area contributed by atoms with E-state index in [4.69, 9.17) is 18.5 Å². The van der Waals surface area contributed by atoms with Gasteiger partial charge < -0.3 is 28.7 Å². The Kier molecular flexibility index (Phi) is 8.62. The van der Waals surface area contributed by atoms with Crippen LogP contribution in [0.4, 0.5) is 5.82 Å². The average molecular weight is 491 g/mol. The van der Waals surface area contributed by atoms with Gasteiger partial charge in [-0.15, -0.1) is 0 Å². The largest absolute Gasteiger partial charge is 1.00 e. The van der Waals surface area contributed by atoms with Crippen molar-refractivity contribution in [2.24, 2.45) is 0 Å². The zero-order valence-corrected chi connectivity index (χ0v) is 21.4. The first-order valence-corrected chi connectivity index (χ1v) is 11.7. The number of hydrogen-bond acceptors (Lipinski definition) is 11. The van der Waals surface area contributed by atoms with E-state index in [1.165, 1.54) is 17.2 Å². The van der Waals surface area contributed by atoms with Crippen molar-refractivity contribution < 1.29 is 67.1 Å². The van der Waals surface area contributed by atoms with E-state index in [2.05, 4.69) is 20.3 Å². The Morgan fingerprint density at radius 2 is 2.03 bits per heavy atom. The number of nitrogens with one attached hydrogen (secondary N) is 1. The first kappa shape index (κ1) is 26.2. The molecule has 2 aliphatic heterocycles. The first-order chi connectivity index (χ1) is 15.3. The average Bonchev–Trinajstić information content (AvgIpc) is 3.30. The van der Waals surface area contributed by atoms with Gasteiger partial charge in [-0.05, 0) is 12.8 Å². The molecule has 1 amide bonds. The van der Waals surface area contributed by atoms with Gasteiger partial charge in [-0.1, -0.05) is 13.8 Å². The van der Waals surface area contributed by atoms with Crippen molar-refractivity contribution in [1.29, 1.82) is 0 Å². The van der Waals surface area contributed by atoms with E-state index in [1.807, 2.05) is 13.8 Å². The van der Waals surface area contributed by atoms with E-state index in [1.54, 1.807) is 0 Å². The molecule has 0 bridgehead atoms. The van der Waals surface area contributed by atoms with Gasteiger partial charge in [0.05, 0.1) is 12.9 Å². The van der Waals surface area contributed by atoms with Gasteiger partial charge in [-0.3, -0.25) is 18.7 Å². The van der Waals surface area contributed by atoms with Crippen LogP contribution >= 0.6 is 7.82 Å². The van der Waals surface area contributed by atoms with Crippen LogP contribution in [0.2, 0.25) is 0 Å². The van der Waals surface area contributed by atoms with Crippen LogP contribution in [0.3, 0.4) is 0 Å². The maximum absolute atomic E-state index is 12.2. The third kappa shape index (κ3) is 5.63. The molecule has 5 atom stereocenters. The minimum Gasteiger partial charge on any atom is -0.756 e. The van der Waals surface area contributed by atoms with Crippen LogP contribution in [-0.4, -0.2) is 56.3 Å². The summed E-state index contributed by atoms with van der Waals surface area (Å²) in [5, 5.41) is 2.70. The molecule has 2 aromatic rings. The van der Waals surface area contributed by atoms with Crippen molar-refractivity contribution >= 4 is 36.7 Å². The number of amides is 1. The third-order valence-electron chi connectivity index (χ3n) is 5.02. The normalized spacial score (nSPS) is 28.7. The predicted octanol–water partition coefficient (Wildman–Crippen LogP) is -1.94. The maximum atomic E-state index is 12.2. The zero-order chi connectivity index (χ0) is 22.9. The van der Waals surface area contributed by atoms with Crippen LogP contribution in [-0.2, 0) is 32.7 Å².